The third kappa shape index (κ3) is 11.0. The summed E-state index contributed by atoms with van der Waals surface area (Å²) >= 11 is 12.5. The molecule has 5 heteroatoms. The summed E-state index contributed by atoms with van der Waals surface area (Å²) in [7, 11) is -4.53. The highest BCUT2D eigenvalue weighted by molar-refractivity contribution is 7.23. The second kappa shape index (κ2) is 5.36. The fraction of sp³-hybridized carbons (Fsp3) is 0.600. The van der Waals surface area contributed by atoms with Gasteiger partial charge in [-0.3, -0.25) is 0 Å². The van der Waals surface area contributed by atoms with Gasteiger partial charge in [0.2, 0.25) is 0 Å². The van der Waals surface area contributed by atoms with Crippen LogP contribution in [0.2, 0.25) is 39.3 Å². The SMILES string of the molecule is C[Si](C)(Cl)/C=C/[Si](C)(C)/C=C/[Si](C)(C)Cl. The molecule has 0 N–H and O–H groups in total. The molecule has 0 bridgehead atoms. The maximum absolute atomic E-state index is 6.26. The monoisotopic (exact) mass is 296 g/mol. The lowest BCUT2D eigenvalue weighted by Gasteiger charge is -2.16. The highest BCUT2D eigenvalue weighted by atomic mass is 35.6. The van der Waals surface area contributed by atoms with Crippen molar-refractivity contribution in [2.45, 2.75) is 39.3 Å². The third-order valence-corrected chi connectivity index (χ3v) is 7.21. The largest absolute Gasteiger partial charge is 0.173 e. The second-order valence-corrected chi connectivity index (χ2v) is 22.7. The van der Waals surface area contributed by atoms with Crippen molar-refractivity contribution in [2.24, 2.45) is 0 Å². The molecule has 0 aliphatic heterocycles. The lowest BCUT2D eigenvalue weighted by molar-refractivity contribution is 1.81. The topological polar surface area (TPSA) is 0 Å². The first-order valence-electron chi connectivity index (χ1n) is 5.20. The van der Waals surface area contributed by atoms with Crippen molar-refractivity contribution in [2.75, 3.05) is 0 Å². The molecule has 0 saturated heterocycles. The van der Waals surface area contributed by atoms with Gasteiger partial charge in [0.25, 0.3) is 0 Å². The van der Waals surface area contributed by atoms with Crippen molar-refractivity contribution < 1.29 is 0 Å². The molecule has 0 aromatic rings. The van der Waals surface area contributed by atoms with E-state index in [0.29, 0.717) is 0 Å². The maximum atomic E-state index is 6.26. The Balaban J connectivity index is 4.58. The van der Waals surface area contributed by atoms with E-state index in [0.717, 1.165) is 0 Å². The Kier molecular flexibility index (Phi) is 5.62. The fourth-order valence-corrected chi connectivity index (χ4v) is 8.73. The van der Waals surface area contributed by atoms with E-state index in [4.69, 9.17) is 22.2 Å². The predicted octanol–water partition coefficient (Wildman–Crippen LogP) is 4.85. The van der Waals surface area contributed by atoms with Crippen LogP contribution >= 0.6 is 22.2 Å². The van der Waals surface area contributed by atoms with Crippen LogP contribution in [0.1, 0.15) is 0 Å². The van der Waals surface area contributed by atoms with Gasteiger partial charge >= 0.3 is 0 Å². The molecule has 0 aromatic carbocycles. The Morgan fingerprint density at radius 1 is 0.600 bits per heavy atom. The van der Waals surface area contributed by atoms with Crippen LogP contribution in [-0.2, 0) is 0 Å². The zero-order chi connectivity index (χ0) is 12.3. The lowest BCUT2D eigenvalue weighted by Crippen LogP contribution is -2.24. The van der Waals surface area contributed by atoms with Crippen LogP contribution in [0.15, 0.2) is 22.8 Å². The van der Waals surface area contributed by atoms with Crippen LogP contribution in [0.25, 0.3) is 0 Å². The van der Waals surface area contributed by atoms with Crippen molar-refractivity contribution >= 4 is 45.0 Å². The van der Waals surface area contributed by atoms with Gasteiger partial charge < -0.3 is 0 Å². The van der Waals surface area contributed by atoms with Crippen molar-refractivity contribution in [3.8, 4) is 0 Å². The zero-order valence-corrected chi connectivity index (χ0v) is 15.1. The Morgan fingerprint density at radius 2 is 0.867 bits per heavy atom. The van der Waals surface area contributed by atoms with Crippen LogP contribution in [0.4, 0.5) is 0 Å². The highest BCUT2D eigenvalue weighted by Crippen LogP contribution is 2.16. The molecule has 0 aromatic heterocycles. The molecule has 15 heavy (non-hydrogen) atoms. The normalized spacial score (nSPS) is 15.5. The molecule has 0 heterocycles. The molecule has 0 atom stereocenters. The summed E-state index contributed by atoms with van der Waals surface area (Å²) in [5.41, 5.74) is 9.13. The zero-order valence-electron chi connectivity index (χ0n) is 10.6. The van der Waals surface area contributed by atoms with Gasteiger partial charge in [-0.1, -0.05) is 62.1 Å². The van der Waals surface area contributed by atoms with E-state index in [1.54, 1.807) is 0 Å². The van der Waals surface area contributed by atoms with E-state index >= 15 is 0 Å². The Labute approximate surface area is 107 Å². The Bertz CT molecular complexity index is 231. The van der Waals surface area contributed by atoms with E-state index in [1.807, 2.05) is 0 Å². The van der Waals surface area contributed by atoms with E-state index < -0.39 is 22.8 Å². The molecule has 0 nitrogen and oxygen atoms in total. The molecular formula is C10H22Cl2Si3. The quantitative estimate of drug-likeness (QED) is 0.514. The van der Waals surface area contributed by atoms with Gasteiger partial charge in [-0.25, -0.2) is 0 Å². The summed E-state index contributed by atoms with van der Waals surface area (Å²) in [6.45, 7) is 13.2. The summed E-state index contributed by atoms with van der Waals surface area (Å²) in [5, 5.41) is 0. The molecule has 0 aliphatic rings. The standard InChI is InChI=1S/C10H22Cl2Si3/c1-13(2,7-9-14(3,4)11)8-10-15(5,6)12/h7-10H,1-6H3/b9-7+,10-8+. The first-order valence-corrected chi connectivity index (χ1v) is 16.5. The van der Waals surface area contributed by atoms with Crippen LogP contribution in [0.3, 0.4) is 0 Å². The summed E-state index contributed by atoms with van der Waals surface area (Å²) in [6, 6.07) is 0. The van der Waals surface area contributed by atoms with E-state index in [-0.39, 0.29) is 0 Å². The Hall–Kier alpha value is 0.711. The van der Waals surface area contributed by atoms with Gasteiger partial charge in [0.15, 0.2) is 14.8 Å². The number of rotatable bonds is 4. The van der Waals surface area contributed by atoms with Crippen molar-refractivity contribution in [3.63, 3.8) is 0 Å². The molecule has 0 rings (SSSR count). The summed E-state index contributed by atoms with van der Waals surface area (Å²) < 4.78 is 0. The summed E-state index contributed by atoms with van der Waals surface area (Å²) in [4.78, 5) is 0. The first kappa shape index (κ1) is 15.7. The first-order chi connectivity index (χ1) is 6.41. The third-order valence-electron chi connectivity index (χ3n) is 1.82. The van der Waals surface area contributed by atoms with Crippen LogP contribution in [-0.4, -0.2) is 22.8 Å². The van der Waals surface area contributed by atoms with Crippen LogP contribution < -0.4 is 0 Å². The number of hydrogen-bond acceptors (Lipinski definition) is 0. The molecular weight excluding hydrogens is 275 g/mol. The van der Waals surface area contributed by atoms with Crippen molar-refractivity contribution in [1.29, 1.82) is 0 Å². The molecule has 0 aliphatic carbocycles. The Morgan fingerprint density at radius 3 is 1.07 bits per heavy atom. The average Bonchev–Trinajstić information content (AvgIpc) is 1.96. The maximum Gasteiger partial charge on any atom is 0.173 e. The number of halogens is 2. The minimum absolute atomic E-state index is 1.38. The van der Waals surface area contributed by atoms with E-state index in [9.17, 15) is 0 Å². The fourth-order valence-electron chi connectivity index (χ4n) is 0.881. The van der Waals surface area contributed by atoms with Gasteiger partial charge in [-0.05, 0) is 0 Å². The van der Waals surface area contributed by atoms with Crippen LogP contribution in [0.5, 0.6) is 0 Å². The minimum Gasteiger partial charge on any atom is -0.162 e. The van der Waals surface area contributed by atoms with Crippen molar-refractivity contribution in [3.05, 3.63) is 22.8 Å². The summed E-state index contributed by atoms with van der Waals surface area (Å²) in [5.74, 6) is 0. The lowest BCUT2D eigenvalue weighted by atomic mass is 11.2. The van der Waals surface area contributed by atoms with Crippen LogP contribution in [0, 0.1) is 0 Å². The molecule has 0 saturated carbocycles. The highest BCUT2D eigenvalue weighted by Gasteiger charge is 2.19. The minimum atomic E-state index is -1.57. The summed E-state index contributed by atoms with van der Waals surface area (Å²) in [6.07, 6.45) is 0. The van der Waals surface area contributed by atoms with Crippen molar-refractivity contribution in [1.82, 2.24) is 0 Å². The molecule has 0 unspecified atom stereocenters. The average molecular weight is 297 g/mol. The van der Waals surface area contributed by atoms with Gasteiger partial charge in [-0.15, -0.1) is 0 Å². The van der Waals surface area contributed by atoms with Gasteiger partial charge in [0.1, 0.15) is 0 Å². The molecule has 0 radical (unpaired) electrons. The molecule has 88 valence electrons. The molecule has 0 amide bonds. The van der Waals surface area contributed by atoms with E-state index in [2.05, 4.69) is 62.1 Å². The number of hydrogen-bond donors (Lipinski definition) is 0. The van der Waals surface area contributed by atoms with E-state index in [1.165, 1.54) is 0 Å². The molecule has 0 fully saturated rings. The van der Waals surface area contributed by atoms with Gasteiger partial charge in [0.05, 0.1) is 8.07 Å². The smallest absolute Gasteiger partial charge is 0.162 e. The van der Waals surface area contributed by atoms with Gasteiger partial charge in [0, 0.05) is 0 Å². The molecule has 0 spiro atoms. The second-order valence-electron chi connectivity index (χ2n) is 5.62. The predicted molar refractivity (Wildman–Crippen MR) is 82.4 cm³/mol. The van der Waals surface area contributed by atoms with Gasteiger partial charge in [-0.2, -0.15) is 22.2 Å².